The van der Waals surface area contributed by atoms with E-state index in [9.17, 15) is 0 Å². The van der Waals surface area contributed by atoms with Gasteiger partial charge in [0.15, 0.2) is 0 Å². The molecule has 0 amide bonds. The SMILES string of the molecule is CCCCC(C)c1ccccc1.CCCCC(C)c1ccccc1. The summed E-state index contributed by atoms with van der Waals surface area (Å²) < 4.78 is 0. The third-order valence-corrected chi connectivity index (χ3v) is 4.72. The van der Waals surface area contributed by atoms with E-state index in [0.717, 1.165) is 11.8 Å². The van der Waals surface area contributed by atoms with Gasteiger partial charge in [0.1, 0.15) is 0 Å². The Morgan fingerprint density at radius 1 is 0.583 bits per heavy atom. The lowest BCUT2D eigenvalue weighted by Gasteiger charge is -2.10. The van der Waals surface area contributed by atoms with Crippen molar-refractivity contribution in [3.8, 4) is 0 Å². The molecule has 0 saturated carbocycles. The van der Waals surface area contributed by atoms with Crippen LogP contribution in [0.3, 0.4) is 0 Å². The monoisotopic (exact) mass is 324 g/mol. The molecule has 2 unspecified atom stereocenters. The second-order valence-electron chi connectivity index (χ2n) is 6.91. The summed E-state index contributed by atoms with van der Waals surface area (Å²) in [4.78, 5) is 0. The Morgan fingerprint density at radius 3 is 1.21 bits per heavy atom. The van der Waals surface area contributed by atoms with Crippen molar-refractivity contribution in [3.63, 3.8) is 0 Å². The van der Waals surface area contributed by atoms with Crippen molar-refractivity contribution >= 4 is 0 Å². The number of unbranched alkanes of at least 4 members (excludes halogenated alkanes) is 2. The summed E-state index contributed by atoms with van der Waals surface area (Å²) >= 11 is 0. The second kappa shape index (κ2) is 12.8. The van der Waals surface area contributed by atoms with Gasteiger partial charge in [-0.1, -0.05) is 114 Å². The van der Waals surface area contributed by atoms with E-state index in [1.54, 1.807) is 0 Å². The first-order chi connectivity index (χ1) is 11.7. The lowest BCUT2D eigenvalue weighted by atomic mass is 9.96. The number of rotatable bonds is 8. The largest absolute Gasteiger partial charge is 0.0654 e. The van der Waals surface area contributed by atoms with Crippen molar-refractivity contribution in [3.05, 3.63) is 71.8 Å². The quantitative estimate of drug-likeness (QED) is 0.462. The first kappa shape index (κ1) is 20.5. The minimum Gasteiger partial charge on any atom is -0.0654 e. The molecule has 0 fully saturated rings. The molecule has 0 spiro atoms. The molecule has 0 heteroatoms. The van der Waals surface area contributed by atoms with Gasteiger partial charge in [-0.25, -0.2) is 0 Å². The van der Waals surface area contributed by atoms with Gasteiger partial charge in [-0.2, -0.15) is 0 Å². The zero-order chi connectivity index (χ0) is 17.6. The molecule has 24 heavy (non-hydrogen) atoms. The highest BCUT2D eigenvalue weighted by Crippen LogP contribution is 2.21. The maximum atomic E-state index is 2.31. The summed E-state index contributed by atoms with van der Waals surface area (Å²) in [6.45, 7) is 9.12. The van der Waals surface area contributed by atoms with Crippen LogP contribution in [0.25, 0.3) is 0 Å². The molecule has 0 aliphatic carbocycles. The van der Waals surface area contributed by atoms with Crippen LogP contribution in [0.4, 0.5) is 0 Å². The summed E-state index contributed by atoms with van der Waals surface area (Å²) in [5.41, 5.74) is 2.96. The normalized spacial score (nSPS) is 12.8. The van der Waals surface area contributed by atoms with Gasteiger partial charge < -0.3 is 0 Å². The van der Waals surface area contributed by atoms with Crippen LogP contribution in [0.1, 0.15) is 89.2 Å². The van der Waals surface area contributed by atoms with E-state index < -0.39 is 0 Å². The Labute approximate surface area is 150 Å². The summed E-state index contributed by atoms with van der Waals surface area (Å²) in [7, 11) is 0. The molecule has 0 saturated heterocycles. The van der Waals surface area contributed by atoms with Crippen molar-refractivity contribution in [1.82, 2.24) is 0 Å². The Bertz CT molecular complexity index is 451. The van der Waals surface area contributed by atoms with Crippen molar-refractivity contribution in [2.45, 2.75) is 78.1 Å². The van der Waals surface area contributed by atoms with Gasteiger partial charge in [-0.3, -0.25) is 0 Å². The fraction of sp³-hybridized carbons (Fsp3) is 0.500. The lowest BCUT2D eigenvalue weighted by Crippen LogP contribution is -1.92. The molecule has 132 valence electrons. The Morgan fingerprint density at radius 2 is 0.917 bits per heavy atom. The van der Waals surface area contributed by atoms with Crippen LogP contribution in [0.5, 0.6) is 0 Å². The second-order valence-corrected chi connectivity index (χ2v) is 6.91. The lowest BCUT2D eigenvalue weighted by molar-refractivity contribution is 0.624. The maximum Gasteiger partial charge on any atom is -0.0190 e. The van der Waals surface area contributed by atoms with Crippen molar-refractivity contribution in [2.24, 2.45) is 0 Å². The van der Waals surface area contributed by atoms with Crippen LogP contribution in [-0.4, -0.2) is 0 Å². The van der Waals surface area contributed by atoms with Gasteiger partial charge >= 0.3 is 0 Å². The van der Waals surface area contributed by atoms with Gasteiger partial charge in [-0.05, 0) is 35.8 Å². The minimum atomic E-state index is 0.728. The molecular formula is C24H36. The molecule has 2 rings (SSSR count). The smallest absolute Gasteiger partial charge is 0.0190 e. The highest BCUT2D eigenvalue weighted by atomic mass is 14.1. The average Bonchev–Trinajstić information content (AvgIpc) is 2.66. The van der Waals surface area contributed by atoms with Gasteiger partial charge in [0.25, 0.3) is 0 Å². The first-order valence-electron chi connectivity index (χ1n) is 9.78. The molecule has 0 radical (unpaired) electrons. The first-order valence-corrected chi connectivity index (χ1v) is 9.78. The van der Waals surface area contributed by atoms with Crippen LogP contribution < -0.4 is 0 Å². The van der Waals surface area contributed by atoms with Crippen LogP contribution >= 0.6 is 0 Å². The average molecular weight is 325 g/mol. The molecule has 0 bridgehead atoms. The molecule has 0 N–H and O–H groups in total. The van der Waals surface area contributed by atoms with Gasteiger partial charge in [0.2, 0.25) is 0 Å². The van der Waals surface area contributed by atoms with E-state index in [2.05, 4.69) is 88.4 Å². The molecule has 0 aromatic heterocycles. The van der Waals surface area contributed by atoms with E-state index in [0.29, 0.717) is 0 Å². The van der Waals surface area contributed by atoms with E-state index >= 15 is 0 Å². The molecular weight excluding hydrogens is 288 g/mol. The topological polar surface area (TPSA) is 0 Å². The fourth-order valence-electron chi connectivity index (χ4n) is 2.92. The summed E-state index contributed by atoms with van der Waals surface area (Å²) in [5, 5.41) is 0. The molecule has 0 nitrogen and oxygen atoms in total. The van der Waals surface area contributed by atoms with Crippen molar-refractivity contribution in [1.29, 1.82) is 0 Å². The van der Waals surface area contributed by atoms with Crippen LogP contribution in [0.15, 0.2) is 60.7 Å². The third kappa shape index (κ3) is 8.34. The van der Waals surface area contributed by atoms with Crippen LogP contribution in [-0.2, 0) is 0 Å². The van der Waals surface area contributed by atoms with Gasteiger partial charge in [-0.15, -0.1) is 0 Å². The van der Waals surface area contributed by atoms with E-state index in [4.69, 9.17) is 0 Å². The molecule has 0 aliphatic heterocycles. The Hall–Kier alpha value is -1.56. The van der Waals surface area contributed by atoms with E-state index in [1.165, 1.54) is 49.7 Å². The zero-order valence-electron chi connectivity index (χ0n) is 16.2. The highest BCUT2D eigenvalue weighted by Gasteiger charge is 2.03. The third-order valence-electron chi connectivity index (χ3n) is 4.72. The molecule has 2 aromatic rings. The number of hydrogen-bond acceptors (Lipinski definition) is 0. The summed E-state index contributed by atoms with van der Waals surface area (Å²) in [6, 6.07) is 21.5. The zero-order valence-corrected chi connectivity index (χ0v) is 16.2. The van der Waals surface area contributed by atoms with Crippen molar-refractivity contribution < 1.29 is 0 Å². The predicted octanol–water partition coefficient (Wildman–Crippen LogP) is 7.96. The van der Waals surface area contributed by atoms with Gasteiger partial charge in [0, 0.05) is 0 Å². The Balaban J connectivity index is 0.000000240. The number of hydrogen-bond donors (Lipinski definition) is 0. The Kier molecular flexibility index (Phi) is 10.9. The maximum absolute atomic E-state index is 2.31. The highest BCUT2D eigenvalue weighted by molar-refractivity contribution is 5.19. The van der Waals surface area contributed by atoms with E-state index in [-0.39, 0.29) is 0 Å². The molecule has 2 aromatic carbocycles. The fourth-order valence-corrected chi connectivity index (χ4v) is 2.92. The summed E-state index contributed by atoms with van der Waals surface area (Å²) in [5.74, 6) is 1.46. The van der Waals surface area contributed by atoms with E-state index in [1.807, 2.05) is 0 Å². The molecule has 2 atom stereocenters. The predicted molar refractivity (Wildman–Crippen MR) is 109 cm³/mol. The van der Waals surface area contributed by atoms with Crippen LogP contribution in [0.2, 0.25) is 0 Å². The van der Waals surface area contributed by atoms with Crippen molar-refractivity contribution in [2.75, 3.05) is 0 Å². The molecule has 0 aliphatic rings. The molecule has 0 heterocycles. The standard InChI is InChI=1S/2C12H18/c2*1-3-4-8-11(2)12-9-6-5-7-10-12/h2*5-7,9-11H,3-4,8H2,1-2H3. The van der Waals surface area contributed by atoms with Gasteiger partial charge in [0.05, 0.1) is 0 Å². The number of benzene rings is 2. The minimum absolute atomic E-state index is 0.728. The summed E-state index contributed by atoms with van der Waals surface area (Å²) in [6.07, 6.45) is 7.93. The van der Waals surface area contributed by atoms with Crippen LogP contribution in [0, 0.1) is 0 Å².